The maximum Gasteiger partial charge on any atom is 0.338 e. The Morgan fingerprint density at radius 3 is 2.38 bits per heavy atom. The third-order valence-corrected chi connectivity index (χ3v) is 6.49. The highest BCUT2D eigenvalue weighted by Crippen LogP contribution is 2.45. The number of rotatable bonds is 8. The van der Waals surface area contributed by atoms with Crippen LogP contribution in [-0.2, 0) is 15.1 Å². The molecule has 182 valence electrons. The van der Waals surface area contributed by atoms with Gasteiger partial charge >= 0.3 is 5.97 Å². The number of carbonyl (C=O) groups excluding carboxylic acids is 1. The number of allylic oxidation sites excluding steroid dienone is 3. The molecule has 2 unspecified atom stereocenters. The molecule has 2 bridgehead atoms. The molecule has 0 fully saturated rings. The Morgan fingerprint density at radius 2 is 1.79 bits per heavy atom. The van der Waals surface area contributed by atoms with E-state index in [0.717, 1.165) is 35.5 Å². The number of hydrogen-bond donors (Lipinski definition) is 0. The lowest BCUT2D eigenvalue weighted by atomic mass is 9.75. The largest absolute Gasteiger partial charge is 0.449 e. The second-order valence-corrected chi connectivity index (χ2v) is 9.57. The zero-order valence-corrected chi connectivity index (χ0v) is 21.7. The molecule has 0 N–H and O–H groups in total. The van der Waals surface area contributed by atoms with Gasteiger partial charge in [-0.05, 0) is 36.3 Å². The fraction of sp³-hybridized carbons (Fsp3) is 0.414. The van der Waals surface area contributed by atoms with Gasteiger partial charge in [0.1, 0.15) is 0 Å². The zero-order chi connectivity index (χ0) is 24.9. The predicted octanol–water partition coefficient (Wildman–Crippen LogP) is 5.25. The van der Waals surface area contributed by atoms with Crippen molar-refractivity contribution in [3.05, 3.63) is 89.3 Å². The number of cyclic esters (lactones) is 1. The van der Waals surface area contributed by atoms with Crippen LogP contribution in [0.1, 0.15) is 31.7 Å². The van der Waals surface area contributed by atoms with Gasteiger partial charge in [-0.2, -0.15) is 0 Å². The molecule has 0 saturated heterocycles. The van der Waals surface area contributed by atoms with Gasteiger partial charge in [0, 0.05) is 78.1 Å². The van der Waals surface area contributed by atoms with E-state index in [2.05, 4.69) is 77.4 Å². The van der Waals surface area contributed by atoms with Crippen LogP contribution in [0, 0.1) is 5.92 Å². The summed E-state index contributed by atoms with van der Waals surface area (Å²) in [6, 6.07) is 8.37. The highest BCUT2D eigenvalue weighted by Gasteiger charge is 2.45. The molecule has 1 aliphatic heterocycles. The minimum Gasteiger partial charge on any atom is -0.449 e. The van der Waals surface area contributed by atoms with E-state index < -0.39 is 5.60 Å². The van der Waals surface area contributed by atoms with Gasteiger partial charge in [-0.3, -0.25) is 0 Å². The first-order valence-corrected chi connectivity index (χ1v) is 12.0. The number of hydrogen-bond acceptors (Lipinski definition) is 5. The summed E-state index contributed by atoms with van der Waals surface area (Å²) in [6.07, 6.45) is 17.2. The minimum atomic E-state index is -0.800. The number of fused-ring (bicyclic) bond motifs is 1. The average Bonchev–Trinajstić information content (AvgIpc) is 2.77. The van der Waals surface area contributed by atoms with Crippen LogP contribution in [0.25, 0.3) is 0 Å². The molecule has 2 atom stereocenters. The first-order valence-electron chi connectivity index (χ1n) is 12.0. The fourth-order valence-electron chi connectivity index (χ4n) is 4.44. The third kappa shape index (κ3) is 5.46. The van der Waals surface area contributed by atoms with Crippen molar-refractivity contribution in [3.8, 4) is 0 Å². The van der Waals surface area contributed by atoms with Gasteiger partial charge in [0.05, 0.1) is 5.57 Å². The molecule has 34 heavy (non-hydrogen) atoms. The monoisotopic (exact) mass is 461 g/mol. The van der Waals surface area contributed by atoms with Crippen molar-refractivity contribution in [2.45, 2.75) is 31.8 Å². The Morgan fingerprint density at radius 1 is 1.09 bits per heavy atom. The highest BCUT2D eigenvalue weighted by atomic mass is 16.6. The molecule has 1 aromatic carbocycles. The van der Waals surface area contributed by atoms with Crippen molar-refractivity contribution in [1.82, 2.24) is 9.80 Å². The van der Waals surface area contributed by atoms with Gasteiger partial charge in [0.25, 0.3) is 0 Å². The maximum atomic E-state index is 13.3. The number of likely N-dealkylation sites (N-methyl/N-ethyl adjacent to an activating group) is 1. The van der Waals surface area contributed by atoms with Crippen LogP contribution < -0.4 is 4.90 Å². The Kier molecular flexibility index (Phi) is 8.08. The predicted molar refractivity (Wildman–Crippen MR) is 141 cm³/mol. The van der Waals surface area contributed by atoms with E-state index in [1.165, 1.54) is 0 Å². The summed E-state index contributed by atoms with van der Waals surface area (Å²) in [5.74, 6) is -0.333. The van der Waals surface area contributed by atoms with Gasteiger partial charge < -0.3 is 19.4 Å². The Hall–Kier alpha value is -3.21. The second kappa shape index (κ2) is 10.8. The van der Waals surface area contributed by atoms with E-state index in [4.69, 9.17) is 4.74 Å². The van der Waals surface area contributed by atoms with Crippen molar-refractivity contribution < 1.29 is 9.53 Å². The van der Waals surface area contributed by atoms with Crippen molar-refractivity contribution in [2.75, 3.05) is 47.2 Å². The van der Waals surface area contributed by atoms with Gasteiger partial charge in [-0.1, -0.05) is 49.4 Å². The van der Waals surface area contributed by atoms with Crippen LogP contribution in [0.2, 0.25) is 0 Å². The summed E-state index contributed by atoms with van der Waals surface area (Å²) in [4.78, 5) is 19.5. The number of benzene rings is 1. The molecule has 0 spiro atoms. The molecule has 1 aliphatic carbocycles. The van der Waals surface area contributed by atoms with Gasteiger partial charge in [-0.25, -0.2) is 4.79 Å². The molecule has 0 radical (unpaired) electrons. The molecule has 5 heteroatoms. The number of ether oxygens (including phenoxy) is 1. The summed E-state index contributed by atoms with van der Waals surface area (Å²) in [5, 5.41) is 0. The molecule has 0 saturated carbocycles. The van der Waals surface area contributed by atoms with Gasteiger partial charge in [0.15, 0.2) is 5.60 Å². The average molecular weight is 462 g/mol. The molecule has 5 nitrogen and oxygen atoms in total. The van der Waals surface area contributed by atoms with Gasteiger partial charge in [0.2, 0.25) is 0 Å². The standard InChI is InChI=1S/C29H39N3O2/c1-8-11-25(30(2)3)14-10-19-29(23-15-17-26(18-16-23)31(4)5)24-12-9-13-27(32(6)7)21-22(20-24)28(33)34-29/h9-12,14-18,20-21,24H,8,13,19H2,1-7H3/b12-9-,14-10-,25-11+,27-21?. The minimum absolute atomic E-state index is 0.0621. The quantitative estimate of drug-likeness (QED) is 0.300. The molecule has 2 aliphatic rings. The summed E-state index contributed by atoms with van der Waals surface area (Å²) in [6.45, 7) is 2.13. The number of anilines is 1. The van der Waals surface area contributed by atoms with Crippen LogP contribution in [-0.4, -0.2) is 58.1 Å². The smallest absolute Gasteiger partial charge is 0.338 e. The maximum absolute atomic E-state index is 13.3. The van der Waals surface area contributed by atoms with E-state index in [9.17, 15) is 4.79 Å². The summed E-state index contributed by atoms with van der Waals surface area (Å²) >= 11 is 0. The molecule has 0 amide bonds. The van der Waals surface area contributed by atoms with Crippen LogP contribution in [0.15, 0.2) is 83.8 Å². The first-order chi connectivity index (χ1) is 16.2. The number of esters is 1. The lowest BCUT2D eigenvalue weighted by Crippen LogP contribution is -2.42. The van der Waals surface area contributed by atoms with E-state index in [1.54, 1.807) is 0 Å². The van der Waals surface area contributed by atoms with E-state index in [1.807, 2.05) is 53.3 Å². The third-order valence-electron chi connectivity index (χ3n) is 6.49. The lowest BCUT2D eigenvalue weighted by Gasteiger charge is -2.41. The normalized spacial score (nSPS) is 23.4. The molecular weight excluding hydrogens is 422 g/mol. The second-order valence-electron chi connectivity index (χ2n) is 9.57. The van der Waals surface area contributed by atoms with Crippen molar-refractivity contribution in [3.63, 3.8) is 0 Å². The van der Waals surface area contributed by atoms with Crippen molar-refractivity contribution in [2.24, 2.45) is 5.92 Å². The van der Waals surface area contributed by atoms with Crippen molar-refractivity contribution in [1.29, 1.82) is 0 Å². The van der Waals surface area contributed by atoms with E-state index >= 15 is 0 Å². The SMILES string of the molecule is CC/C=C(\C=C/CC1(c2ccc(N(C)C)cc2)OC(=O)C2=CC1/C=C\CC(N(C)C)=C2)N(C)C. The highest BCUT2D eigenvalue weighted by molar-refractivity contribution is 5.93. The molecular formula is C29H39N3O2. The topological polar surface area (TPSA) is 36.0 Å². The molecule has 3 rings (SSSR count). The van der Waals surface area contributed by atoms with E-state index in [0.29, 0.717) is 12.0 Å². The van der Waals surface area contributed by atoms with Gasteiger partial charge in [-0.15, -0.1) is 0 Å². The number of nitrogens with zero attached hydrogens (tertiary/aromatic N) is 3. The van der Waals surface area contributed by atoms with Crippen LogP contribution >= 0.6 is 0 Å². The zero-order valence-electron chi connectivity index (χ0n) is 21.7. The molecule has 0 aromatic heterocycles. The van der Waals surface area contributed by atoms with E-state index in [-0.39, 0.29) is 11.9 Å². The Balaban J connectivity index is 2.09. The van der Waals surface area contributed by atoms with Crippen LogP contribution in [0.5, 0.6) is 0 Å². The Bertz CT molecular complexity index is 1030. The number of carbonyl (C=O) groups is 1. The fourth-order valence-corrected chi connectivity index (χ4v) is 4.44. The molecule has 1 aromatic rings. The molecule has 1 heterocycles. The van der Waals surface area contributed by atoms with Crippen LogP contribution in [0.3, 0.4) is 0 Å². The summed E-state index contributed by atoms with van der Waals surface area (Å²) in [7, 11) is 12.1. The summed E-state index contributed by atoms with van der Waals surface area (Å²) < 4.78 is 6.37. The van der Waals surface area contributed by atoms with Crippen molar-refractivity contribution >= 4 is 11.7 Å². The Labute approximate surface area is 205 Å². The summed E-state index contributed by atoms with van der Waals surface area (Å²) in [5.41, 5.74) is 4.17. The first kappa shape index (κ1) is 25.4. The van der Waals surface area contributed by atoms with Crippen LogP contribution in [0.4, 0.5) is 5.69 Å². The lowest BCUT2D eigenvalue weighted by molar-refractivity contribution is -0.161.